The Morgan fingerprint density at radius 2 is 1.94 bits per heavy atom. The zero-order chi connectivity index (χ0) is 21.5. The van der Waals surface area contributed by atoms with Gasteiger partial charge in [0.05, 0.1) is 17.5 Å². The van der Waals surface area contributed by atoms with E-state index in [1.54, 1.807) is 12.1 Å². The number of hydrogen-bond acceptors (Lipinski definition) is 4. The molecule has 2 aliphatic heterocycles. The molecule has 6 heteroatoms. The molecule has 3 atom stereocenters. The molecule has 0 saturated carbocycles. The SMILES string of the molecule is N#Cc1ccc(-c2cc(CN3[C@@H]4CC[C@H]3[C@@H](N)C4)ccc2-c2ccc(F)cn2)cc1F. The first kappa shape index (κ1) is 19.8. The van der Waals surface area contributed by atoms with Crippen LogP contribution < -0.4 is 5.73 Å². The van der Waals surface area contributed by atoms with Crippen molar-refractivity contribution in [2.24, 2.45) is 5.73 Å². The molecule has 2 N–H and O–H groups in total. The van der Waals surface area contributed by atoms with Gasteiger partial charge in [0.25, 0.3) is 0 Å². The number of benzene rings is 2. The number of fused-ring (bicyclic) bond motifs is 2. The van der Waals surface area contributed by atoms with E-state index in [4.69, 9.17) is 11.0 Å². The Morgan fingerprint density at radius 1 is 1.06 bits per heavy atom. The zero-order valence-corrected chi connectivity index (χ0v) is 16.9. The summed E-state index contributed by atoms with van der Waals surface area (Å²) < 4.78 is 27.8. The maximum Gasteiger partial charge on any atom is 0.141 e. The Kier molecular flexibility index (Phi) is 5.01. The third-order valence-electron chi connectivity index (χ3n) is 6.58. The predicted octanol–water partition coefficient (Wildman–Crippen LogP) is 4.63. The van der Waals surface area contributed by atoms with Crippen molar-refractivity contribution < 1.29 is 8.78 Å². The fourth-order valence-corrected chi connectivity index (χ4v) is 5.07. The number of nitriles is 1. The molecule has 2 bridgehead atoms. The first-order valence-electron chi connectivity index (χ1n) is 10.5. The highest BCUT2D eigenvalue weighted by Crippen LogP contribution is 2.39. The van der Waals surface area contributed by atoms with Crippen LogP contribution in [-0.4, -0.2) is 28.0 Å². The molecule has 1 aromatic heterocycles. The summed E-state index contributed by atoms with van der Waals surface area (Å²) >= 11 is 0. The van der Waals surface area contributed by atoms with Gasteiger partial charge in [-0.15, -0.1) is 0 Å². The fourth-order valence-electron chi connectivity index (χ4n) is 5.07. The molecule has 2 aliphatic rings. The van der Waals surface area contributed by atoms with E-state index in [1.807, 2.05) is 24.3 Å². The molecule has 2 aromatic carbocycles. The van der Waals surface area contributed by atoms with Crippen molar-refractivity contribution in [3.8, 4) is 28.5 Å². The van der Waals surface area contributed by atoms with Gasteiger partial charge >= 0.3 is 0 Å². The van der Waals surface area contributed by atoms with Crippen molar-refractivity contribution in [1.82, 2.24) is 9.88 Å². The van der Waals surface area contributed by atoms with Crippen LogP contribution in [0, 0.1) is 23.0 Å². The van der Waals surface area contributed by atoms with E-state index in [-0.39, 0.29) is 11.6 Å². The van der Waals surface area contributed by atoms with E-state index in [2.05, 4.69) is 9.88 Å². The molecule has 0 spiro atoms. The van der Waals surface area contributed by atoms with E-state index in [0.717, 1.165) is 36.1 Å². The second kappa shape index (κ2) is 7.84. The average Bonchev–Trinajstić information content (AvgIpc) is 3.29. The second-order valence-electron chi connectivity index (χ2n) is 8.42. The van der Waals surface area contributed by atoms with Crippen LogP contribution >= 0.6 is 0 Å². The standard InChI is InChI=1S/C25H22F2N4/c26-18-4-7-24(30-13-18)20-6-1-15(14-31-19-5-8-25(31)23(29)11-19)9-21(20)16-2-3-17(12-28)22(27)10-16/h1-4,6-7,9-10,13,19,23,25H,5,8,11,14,29H2/t19-,23+,25+/m1/s1. The van der Waals surface area contributed by atoms with Crippen molar-refractivity contribution >= 4 is 0 Å². The number of hydrogen-bond donors (Lipinski definition) is 1. The van der Waals surface area contributed by atoms with Gasteiger partial charge in [0.2, 0.25) is 0 Å². The Labute approximate surface area is 179 Å². The molecule has 2 saturated heterocycles. The topological polar surface area (TPSA) is 65.9 Å². The minimum absolute atomic E-state index is 0.00370. The summed E-state index contributed by atoms with van der Waals surface area (Å²) in [7, 11) is 0. The van der Waals surface area contributed by atoms with Crippen LogP contribution in [0.25, 0.3) is 22.4 Å². The summed E-state index contributed by atoms with van der Waals surface area (Å²) in [4.78, 5) is 6.70. The van der Waals surface area contributed by atoms with Crippen LogP contribution in [0.4, 0.5) is 8.78 Å². The van der Waals surface area contributed by atoms with Crippen LogP contribution in [-0.2, 0) is 6.54 Å². The lowest BCUT2D eigenvalue weighted by atomic mass is 9.94. The molecule has 0 radical (unpaired) electrons. The quantitative estimate of drug-likeness (QED) is 0.674. The van der Waals surface area contributed by atoms with Crippen molar-refractivity contribution in [3.63, 3.8) is 0 Å². The monoisotopic (exact) mass is 416 g/mol. The van der Waals surface area contributed by atoms with Gasteiger partial charge in [0.15, 0.2) is 0 Å². The Hall–Kier alpha value is -3.14. The molecule has 0 unspecified atom stereocenters. The Morgan fingerprint density at radius 3 is 2.58 bits per heavy atom. The smallest absolute Gasteiger partial charge is 0.141 e. The zero-order valence-electron chi connectivity index (χ0n) is 16.9. The summed E-state index contributed by atoms with van der Waals surface area (Å²) in [5.41, 5.74) is 10.3. The first-order chi connectivity index (χ1) is 15.0. The largest absolute Gasteiger partial charge is 0.326 e. The second-order valence-corrected chi connectivity index (χ2v) is 8.42. The van der Waals surface area contributed by atoms with Gasteiger partial charge in [-0.05, 0) is 66.3 Å². The molecule has 0 aliphatic carbocycles. The van der Waals surface area contributed by atoms with E-state index < -0.39 is 11.6 Å². The van der Waals surface area contributed by atoms with E-state index in [0.29, 0.717) is 23.3 Å². The summed E-state index contributed by atoms with van der Waals surface area (Å²) in [6, 6.07) is 16.7. The van der Waals surface area contributed by atoms with Crippen molar-refractivity contribution in [2.75, 3.05) is 0 Å². The average molecular weight is 416 g/mol. The predicted molar refractivity (Wildman–Crippen MR) is 115 cm³/mol. The van der Waals surface area contributed by atoms with E-state index in [1.165, 1.54) is 30.8 Å². The lowest BCUT2D eigenvalue weighted by Crippen LogP contribution is -2.36. The van der Waals surface area contributed by atoms with E-state index in [9.17, 15) is 8.78 Å². The summed E-state index contributed by atoms with van der Waals surface area (Å²) in [5, 5.41) is 9.07. The number of nitrogens with zero attached hydrogens (tertiary/aromatic N) is 3. The third-order valence-corrected chi connectivity index (χ3v) is 6.58. The molecule has 0 amide bonds. The minimum atomic E-state index is -0.563. The van der Waals surface area contributed by atoms with Crippen LogP contribution in [0.5, 0.6) is 0 Å². The summed E-state index contributed by atoms with van der Waals surface area (Å²) in [6.45, 7) is 0.784. The highest BCUT2D eigenvalue weighted by atomic mass is 19.1. The van der Waals surface area contributed by atoms with Gasteiger partial charge in [0.1, 0.15) is 17.7 Å². The fraction of sp³-hybridized carbons (Fsp3) is 0.280. The number of pyridine rings is 1. The molecule has 2 fully saturated rings. The summed E-state index contributed by atoms with van der Waals surface area (Å²) in [5.74, 6) is -0.973. The lowest BCUT2D eigenvalue weighted by Gasteiger charge is -2.23. The number of aromatic nitrogens is 1. The molecular weight excluding hydrogens is 394 g/mol. The van der Waals surface area contributed by atoms with Crippen molar-refractivity contribution in [2.45, 2.75) is 43.9 Å². The molecule has 3 aromatic rings. The van der Waals surface area contributed by atoms with Gasteiger partial charge in [-0.1, -0.05) is 18.2 Å². The van der Waals surface area contributed by atoms with Gasteiger partial charge in [-0.2, -0.15) is 5.26 Å². The molecule has 4 nitrogen and oxygen atoms in total. The lowest BCUT2D eigenvalue weighted by molar-refractivity contribution is 0.239. The Bertz CT molecular complexity index is 1170. The Balaban J connectivity index is 1.57. The van der Waals surface area contributed by atoms with E-state index >= 15 is 0 Å². The first-order valence-corrected chi connectivity index (χ1v) is 10.5. The molecule has 156 valence electrons. The molecule has 3 heterocycles. The minimum Gasteiger partial charge on any atom is -0.326 e. The van der Waals surface area contributed by atoms with Gasteiger partial charge in [-0.25, -0.2) is 8.78 Å². The molecular formula is C25H22F2N4. The maximum absolute atomic E-state index is 14.4. The third kappa shape index (κ3) is 3.60. The molecule has 5 rings (SSSR count). The summed E-state index contributed by atoms with van der Waals surface area (Å²) in [6.07, 6.45) is 4.53. The van der Waals surface area contributed by atoms with Gasteiger partial charge in [0, 0.05) is 30.2 Å². The van der Waals surface area contributed by atoms with Gasteiger partial charge < -0.3 is 5.73 Å². The highest BCUT2D eigenvalue weighted by Gasteiger charge is 2.44. The van der Waals surface area contributed by atoms with Crippen molar-refractivity contribution in [3.05, 3.63) is 77.5 Å². The highest BCUT2D eigenvalue weighted by molar-refractivity contribution is 5.82. The van der Waals surface area contributed by atoms with Crippen LogP contribution in [0.2, 0.25) is 0 Å². The maximum atomic E-state index is 14.4. The van der Waals surface area contributed by atoms with Crippen LogP contribution in [0.3, 0.4) is 0 Å². The van der Waals surface area contributed by atoms with Gasteiger partial charge in [-0.3, -0.25) is 9.88 Å². The van der Waals surface area contributed by atoms with Crippen LogP contribution in [0.15, 0.2) is 54.7 Å². The number of nitrogens with two attached hydrogens (primary N) is 1. The normalized spacial score (nSPS) is 22.6. The van der Waals surface area contributed by atoms with Crippen LogP contribution in [0.1, 0.15) is 30.4 Å². The number of rotatable bonds is 4. The van der Waals surface area contributed by atoms with Crippen molar-refractivity contribution in [1.29, 1.82) is 5.26 Å². The number of halogens is 2. The molecule has 31 heavy (non-hydrogen) atoms.